The molecule has 4 aromatic rings. The number of pyridine rings is 2. The van der Waals surface area contributed by atoms with Crippen molar-refractivity contribution in [1.82, 2.24) is 19.7 Å². The van der Waals surface area contributed by atoms with Crippen LogP contribution < -0.4 is 9.64 Å². The first-order valence-electron chi connectivity index (χ1n) is 9.77. The second-order valence-electron chi connectivity index (χ2n) is 7.32. The van der Waals surface area contributed by atoms with Crippen molar-refractivity contribution in [2.45, 2.75) is 6.43 Å². The Bertz CT molecular complexity index is 1350. The standard InChI is InChI=1S/C22H17F2N5O3/c1-28-11-13(10-26-28)14-9-18-17(8-15(14)20(23)24)29(5-6-32-18)21-19-12(3-2-4-25-19)7-16(27-21)22(30)31/h2-4,7-11,20H,5-6H2,1H3,(H,30,31). The Morgan fingerprint density at radius 1 is 1.28 bits per heavy atom. The highest BCUT2D eigenvalue weighted by molar-refractivity contribution is 5.97. The van der Waals surface area contributed by atoms with Crippen molar-refractivity contribution in [1.29, 1.82) is 0 Å². The Morgan fingerprint density at radius 3 is 2.84 bits per heavy atom. The number of aromatic carboxylic acids is 1. The van der Waals surface area contributed by atoms with E-state index in [1.165, 1.54) is 23.0 Å². The van der Waals surface area contributed by atoms with Gasteiger partial charge in [0.1, 0.15) is 17.9 Å². The van der Waals surface area contributed by atoms with Crippen LogP contribution in [-0.2, 0) is 7.05 Å². The fourth-order valence-corrected chi connectivity index (χ4v) is 3.85. The number of halogens is 2. The Hall–Kier alpha value is -4.08. The van der Waals surface area contributed by atoms with E-state index in [9.17, 15) is 18.7 Å². The van der Waals surface area contributed by atoms with E-state index >= 15 is 0 Å². The average Bonchev–Trinajstić information content (AvgIpc) is 3.23. The monoisotopic (exact) mass is 437 g/mol. The van der Waals surface area contributed by atoms with Gasteiger partial charge in [-0.25, -0.2) is 18.6 Å². The Balaban J connectivity index is 1.72. The molecular weight excluding hydrogens is 420 g/mol. The van der Waals surface area contributed by atoms with Crippen molar-refractivity contribution in [3.05, 3.63) is 60.2 Å². The molecule has 0 bridgehead atoms. The molecule has 0 atom stereocenters. The lowest BCUT2D eigenvalue weighted by molar-refractivity contribution is 0.0690. The van der Waals surface area contributed by atoms with Crippen molar-refractivity contribution in [2.75, 3.05) is 18.1 Å². The predicted octanol–water partition coefficient (Wildman–Crippen LogP) is 4.20. The number of rotatable bonds is 4. The van der Waals surface area contributed by atoms with Crippen molar-refractivity contribution in [3.8, 4) is 16.9 Å². The van der Waals surface area contributed by atoms with Gasteiger partial charge in [-0.1, -0.05) is 6.07 Å². The number of hydrogen-bond acceptors (Lipinski definition) is 6. The molecular formula is C22H17F2N5O3. The summed E-state index contributed by atoms with van der Waals surface area (Å²) in [5.74, 6) is -0.517. The number of anilines is 2. The number of carboxylic acids is 1. The van der Waals surface area contributed by atoms with E-state index in [0.29, 0.717) is 40.0 Å². The zero-order valence-electron chi connectivity index (χ0n) is 16.9. The van der Waals surface area contributed by atoms with Crippen molar-refractivity contribution in [3.63, 3.8) is 0 Å². The van der Waals surface area contributed by atoms with E-state index in [1.54, 1.807) is 42.5 Å². The number of hydrogen-bond donors (Lipinski definition) is 1. The first kappa shape index (κ1) is 19.9. The fraction of sp³-hybridized carbons (Fsp3) is 0.182. The van der Waals surface area contributed by atoms with E-state index in [4.69, 9.17) is 4.74 Å². The van der Waals surface area contributed by atoms with Gasteiger partial charge < -0.3 is 14.7 Å². The van der Waals surface area contributed by atoms with Gasteiger partial charge in [0.2, 0.25) is 0 Å². The molecule has 0 unspecified atom stereocenters. The highest BCUT2D eigenvalue weighted by Gasteiger charge is 2.28. The number of nitrogens with zero attached hydrogens (tertiary/aromatic N) is 5. The van der Waals surface area contributed by atoms with Crippen molar-refractivity contribution in [2.24, 2.45) is 7.05 Å². The summed E-state index contributed by atoms with van der Waals surface area (Å²) < 4.78 is 35.4. The third-order valence-electron chi connectivity index (χ3n) is 5.29. The average molecular weight is 437 g/mol. The molecule has 5 rings (SSSR count). The molecule has 1 aromatic carbocycles. The summed E-state index contributed by atoms with van der Waals surface area (Å²) in [4.78, 5) is 22.0. The second kappa shape index (κ2) is 7.56. The summed E-state index contributed by atoms with van der Waals surface area (Å²) in [6, 6.07) is 7.80. The maximum atomic E-state index is 14.1. The first-order valence-corrected chi connectivity index (χ1v) is 9.77. The molecule has 0 aliphatic carbocycles. The second-order valence-corrected chi connectivity index (χ2v) is 7.32. The molecule has 1 aliphatic rings. The number of aromatic nitrogens is 4. The molecule has 3 aromatic heterocycles. The maximum absolute atomic E-state index is 14.1. The van der Waals surface area contributed by atoms with Gasteiger partial charge >= 0.3 is 5.97 Å². The molecule has 0 spiro atoms. The third kappa shape index (κ3) is 3.29. The quantitative estimate of drug-likeness (QED) is 0.512. The van der Waals surface area contributed by atoms with Crippen LogP contribution in [0.4, 0.5) is 20.3 Å². The number of alkyl halides is 2. The molecule has 0 saturated carbocycles. The summed E-state index contributed by atoms with van der Waals surface area (Å²) in [7, 11) is 1.71. The fourth-order valence-electron chi connectivity index (χ4n) is 3.85. The Morgan fingerprint density at radius 2 is 2.12 bits per heavy atom. The first-order chi connectivity index (χ1) is 15.4. The Labute approximate surface area is 180 Å². The number of carbonyl (C=O) groups is 1. The number of carboxylic acid groups (broad SMARTS) is 1. The van der Waals surface area contributed by atoms with E-state index < -0.39 is 12.4 Å². The Kier molecular flexibility index (Phi) is 4.69. The molecule has 0 saturated heterocycles. The summed E-state index contributed by atoms with van der Waals surface area (Å²) >= 11 is 0. The van der Waals surface area contributed by atoms with Gasteiger partial charge in [-0.3, -0.25) is 9.67 Å². The molecule has 1 aliphatic heterocycles. The zero-order valence-corrected chi connectivity index (χ0v) is 16.9. The number of fused-ring (bicyclic) bond motifs is 2. The van der Waals surface area contributed by atoms with Crippen LogP contribution in [0, 0.1) is 0 Å². The molecule has 4 heterocycles. The van der Waals surface area contributed by atoms with E-state index in [0.717, 1.165) is 0 Å². The summed E-state index contributed by atoms with van der Waals surface area (Å²) in [6.45, 7) is 0.560. The van der Waals surface area contributed by atoms with Gasteiger partial charge in [-0.05, 0) is 29.8 Å². The van der Waals surface area contributed by atoms with Gasteiger partial charge in [0.25, 0.3) is 6.43 Å². The molecule has 10 heteroatoms. The molecule has 0 fully saturated rings. The van der Waals surface area contributed by atoms with Crippen LogP contribution in [0.25, 0.3) is 22.0 Å². The predicted molar refractivity (Wildman–Crippen MR) is 113 cm³/mol. The van der Waals surface area contributed by atoms with Crippen molar-refractivity contribution >= 4 is 28.4 Å². The van der Waals surface area contributed by atoms with Crippen molar-refractivity contribution < 1.29 is 23.4 Å². The molecule has 1 N–H and O–H groups in total. The van der Waals surface area contributed by atoms with Crippen LogP contribution in [0.1, 0.15) is 22.5 Å². The minimum absolute atomic E-state index is 0.158. The van der Waals surface area contributed by atoms with Crippen LogP contribution in [0.3, 0.4) is 0 Å². The smallest absolute Gasteiger partial charge is 0.354 e. The maximum Gasteiger partial charge on any atom is 0.354 e. The van der Waals surface area contributed by atoms with Gasteiger partial charge in [0, 0.05) is 36.0 Å². The molecule has 0 amide bonds. The SMILES string of the molecule is Cn1cc(-c2cc3c(cc2C(F)F)N(c2nc(C(=O)O)cc4cccnc24)CCO3)cn1. The lowest BCUT2D eigenvalue weighted by Crippen LogP contribution is -2.30. The highest BCUT2D eigenvalue weighted by Crippen LogP contribution is 2.44. The lowest BCUT2D eigenvalue weighted by atomic mass is 10.00. The van der Waals surface area contributed by atoms with Crippen LogP contribution in [0.5, 0.6) is 5.75 Å². The minimum Gasteiger partial charge on any atom is -0.490 e. The highest BCUT2D eigenvalue weighted by atomic mass is 19.3. The largest absolute Gasteiger partial charge is 0.490 e. The summed E-state index contributed by atoms with van der Waals surface area (Å²) in [5, 5.41) is 14.2. The van der Waals surface area contributed by atoms with Gasteiger partial charge in [0.05, 0.1) is 18.4 Å². The lowest BCUT2D eigenvalue weighted by Gasteiger charge is -2.32. The van der Waals surface area contributed by atoms with Crippen LogP contribution in [-0.4, -0.2) is 44.0 Å². The van der Waals surface area contributed by atoms with E-state index in [1.807, 2.05) is 0 Å². The van der Waals surface area contributed by atoms with E-state index in [-0.39, 0.29) is 23.7 Å². The number of benzene rings is 1. The third-order valence-corrected chi connectivity index (χ3v) is 5.29. The molecule has 162 valence electrons. The van der Waals surface area contributed by atoms with Gasteiger partial charge in [0.15, 0.2) is 11.5 Å². The summed E-state index contributed by atoms with van der Waals surface area (Å²) in [6.07, 6.45) is 2.01. The van der Waals surface area contributed by atoms with Gasteiger partial charge in [-0.15, -0.1) is 0 Å². The van der Waals surface area contributed by atoms with Gasteiger partial charge in [-0.2, -0.15) is 5.10 Å². The summed E-state index contributed by atoms with van der Waals surface area (Å²) in [5.41, 5.74) is 1.38. The van der Waals surface area contributed by atoms with Crippen LogP contribution >= 0.6 is 0 Å². The topological polar surface area (TPSA) is 93.4 Å². The van der Waals surface area contributed by atoms with Crippen LogP contribution in [0.2, 0.25) is 0 Å². The molecule has 32 heavy (non-hydrogen) atoms. The normalized spacial score (nSPS) is 13.3. The molecule has 0 radical (unpaired) electrons. The zero-order chi connectivity index (χ0) is 22.4. The minimum atomic E-state index is -2.74. The number of aryl methyl sites for hydroxylation is 1. The van der Waals surface area contributed by atoms with Crippen LogP contribution in [0.15, 0.2) is 48.9 Å². The molecule has 8 nitrogen and oxygen atoms in total. The number of ether oxygens (including phenoxy) is 1. The van der Waals surface area contributed by atoms with E-state index in [2.05, 4.69) is 15.1 Å².